The third-order valence-corrected chi connectivity index (χ3v) is 5.30. The van der Waals surface area contributed by atoms with Crippen LogP contribution in [0.2, 0.25) is 0 Å². The minimum Gasteiger partial charge on any atom is -0.368 e. The highest BCUT2D eigenvalue weighted by molar-refractivity contribution is 5.79. The van der Waals surface area contributed by atoms with Crippen molar-refractivity contribution in [2.75, 3.05) is 19.7 Å². The van der Waals surface area contributed by atoms with E-state index in [1.54, 1.807) is 17.0 Å². The van der Waals surface area contributed by atoms with Gasteiger partial charge in [-0.2, -0.15) is 0 Å². The van der Waals surface area contributed by atoms with Crippen LogP contribution in [-0.4, -0.2) is 40.6 Å². The van der Waals surface area contributed by atoms with E-state index < -0.39 is 0 Å². The summed E-state index contributed by atoms with van der Waals surface area (Å²) in [7, 11) is 0. The highest BCUT2D eigenvalue weighted by Crippen LogP contribution is 2.29. The number of benzene rings is 1. The maximum absolute atomic E-state index is 13.1. The number of halogens is 1. The molecule has 6 nitrogen and oxygen atoms in total. The van der Waals surface area contributed by atoms with Crippen LogP contribution in [0.4, 0.5) is 4.39 Å². The fraction of sp³-hybridized carbons (Fsp3) is 0.348. The summed E-state index contributed by atoms with van der Waals surface area (Å²) in [5, 5.41) is 4.06. The second-order valence-electron chi connectivity index (χ2n) is 7.37. The van der Waals surface area contributed by atoms with E-state index in [4.69, 9.17) is 14.2 Å². The largest absolute Gasteiger partial charge is 0.368 e. The minimum absolute atomic E-state index is 0.00536. The van der Waals surface area contributed by atoms with Crippen LogP contribution in [0.15, 0.2) is 47.0 Å². The first-order chi connectivity index (χ1) is 14.5. The van der Waals surface area contributed by atoms with Gasteiger partial charge < -0.3 is 14.2 Å². The van der Waals surface area contributed by atoms with Crippen LogP contribution in [0.25, 0.3) is 11.3 Å². The Bertz CT molecular complexity index is 1030. The quantitative estimate of drug-likeness (QED) is 0.640. The van der Waals surface area contributed by atoms with Crippen molar-refractivity contribution in [2.45, 2.75) is 32.8 Å². The number of hydrogen-bond acceptors (Lipinski definition) is 5. The molecule has 0 radical (unpaired) electrons. The SMILES string of the molecule is CCc1onc(C)c1-c1cccc([C@@H]2CN(C(=O)Cc3ccc(F)cc3)CCO2)n1. The topological polar surface area (TPSA) is 68.5 Å². The zero-order valence-electron chi connectivity index (χ0n) is 17.1. The highest BCUT2D eigenvalue weighted by atomic mass is 19.1. The van der Waals surface area contributed by atoms with Crippen molar-refractivity contribution in [1.29, 1.82) is 0 Å². The molecule has 0 spiro atoms. The molecule has 156 valence electrons. The number of nitrogens with zero attached hydrogens (tertiary/aromatic N) is 3. The van der Waals surface area contributed by atoms with Crippen molar-refractivity contribution in [3.05, 3.63) is 71.0 Å². The lowest BCUT2D eigenvalue weighted by molar-refractivity contribution is -0.138. The maximum atomic E-state index is 13.1. The van der Waals surface area contributed by atoms with Crippen LogP contribution in [-0.2, 0) is 22.4 Å². The number of amides is 1. The van der Waals surface area contributed by atoms with E-state index in [9.17, 15) is 9.18 Å². The van der Waals surface area contributed by atoms with Gasteiger partial charge in [0.05, 0.1) is 42.2 Å². The summed E-state index contributed by atoms with van der Waals surface area (Å²) in [6.07, 6.45) is 0.662. The Morgan fingerprint density at radius 3 is 2.80 bits per heavy atom. The molecule has 0 N–H and O–H groups in total. The Balaban J connectivity index is 1.50. The van der Waals surface area contributed by atoms with Crippen molar-refractivity contribution in [2.24, 2.45) is 0 Å². The molecule has 1 aliphatic heterocycles. The molecule has 1 fully saturated rings. The molecule has 0 saturated carbocycles. The molecule has 3 heterocycles. The Morgan fingerprint density at radius 2 is 2.03 bits per heavy atom. The molecule has 1 amide bonds. The summed E-state index contributed by atoms with van der Waals surface area (Å²) in [6, 6.07) is 11.8. The van der Waals surface area contributed by atoms with Crippen molar-refractivity contribution in [3.63, 3.8) is 0 Å². The zero-order valence-corrected chi connectivity index (χ0v) is 17.1. The molecule has 30 heavy (non-hydrogen) atoms. The molecular formula is C23H24FN3O3. The van der Waals surface area contributed by atoms with Crippen LogP contribution < -0.4 is 0 Å². The summed E-state index contributed by atoms with van der Waals surface area (Å²) in [5.41, 5.74) is 4.08. The molecule has 1 aliphatic rings. The first-order valence-electron chi connectivity index (χ1n) is 10.1. The molecule has 2 aromatic heterocycles. The average Bonchev–Trinajstić information content (AvgIpc) is 3.16. The maximum Gasteiger partial charge on any atom is 0.227 e. The number of morpholine rings is 1. The van der Waals surface area contributed by atoms with Gasteiger partial charge in [-0.3, -0.25) is 4.79 Å². The molecule has 7 heteroatoms. The van der Waals surface area contributed by atoms with Gasteiger partial charge in [0.15, 0.2) is 0 Å². The Labute approximate surface area is 174 Å². The summed E-state index contributed by atoms with van der Waals surface area (Å²) in [6.45, 7) is 5.32. The van der Waals surface area contributed by atoms with E-state index in [-0.39, 0.29) is 24.2 Å². The molecular weight excluding hydrogens is 385 g/mol. The van der Waals surface area contributed by atoms with Crippen molar-refractivity contribution >= 4 is 5.91 Å². The first kappa shape index (κ1) is 20.2. The molecule has 0 bridgehead atoms. The van der Waals surface area contributed by atoms with E-state index in [2.05, 4.69) is 5.16 Å². The fourth-order valence-electron chi connectivity index (χ4n) is 3.70. The van der Waals surface area contributed by atoms with Crippen LogP contribution in [0.3, 0.4) is 0 Å². The molecule has 0 unspecified atom stereocenters. The lowest BCUT2D eigenvalue weighted by Crippen LogP contribution is -2.43. The first-order valence-corrected chi connectivity index (χ1v) is 10.1. The van der Waals surface area contributed by atoms with E-state index in [0.717, 1.165) is 40.4 Å². The number of hydrogen-bond donors (Lipinski definition) is 0. The van der Waals surface area contributed by atoms with Gasteiger partial charge in [0.1, 0.15) is 17.7 Å². The smallest absolute Gasteiger partial charge is 0.227 e. The van der Waals surface area contributed by atoms with E-state index in [1.165, 1.54) is 12.1 Å². The Hall–Kier alpha value is -3.06. The van der Waals surface area contributed by atoms with Gasteiger partial charge in [-0.25, -0.2) is 9.37 Å². The predicted octanol–water partition coefficient (Wildman–Crippen LogP) is 3.89. The monoisotopic (exact) mass is 409 g/mol. The zero-order chi connectivity index (χ0) is 21.1. The van der Waals surface area contributed by atoms with Gasteiger partial charge in [-0.1, -0.05) is 30.3 Å². The molecule has 1 atom stereocenters. The Morgan fingerprint density at radius 1 is 1.23 bits per heavy atom. The summed E-state index contributed by atoms with van der Waals surface area (Å²) in [5.74, 6) is 0.491. The minimum atomic E-state index is -0.308. The lowest BCUT2D eigenvalue weighted by atomic mass is 10.1. The number of carbonyl (C=O) groups is 1. The number of carbonyl (C=O) groups excluding carboxylic acids is 1. The fourth-order valence-corrected chi connectivity index (χ4v) is 3.70. The normalized spacial score (nSPS) is 16.6. The van der Waals surface area contributed by atoms with Crippen LogP contribution in [0.1, 0.15) is 35.7 Å². The number of pyridine rings is 1. The van der Waals surface area contributed by atoms with Crippen molar-refractivity contribution in [3.8, 4) is 11.3 Å². The lowest BCUT2D eigenvalue weighted by Gasteiger charge is -2.33. The summed E-state index contributed by atoms with van der Waals surface area (Å²) in [4.78, 5) is 19.3. The molecule has 3 aromatic rings. The Kier molecular flexibility index (Phi) is 5.90. The standard InChI is InChI=1S/C23H24FN3O3/c1-3-20-23(15(2)26-30-20)19-6-4-5-18(25-19)21-14-27(11-12-29-21)22(28)13-16-7-9-17(24)10-8-16/h4-10,21H,3,11-14H2,1-2H3/t21-/m0/s1. The van der Waals surface area contributed by atoms with Gasteiger partial charge in [-0.15, -0.1) is 0 Å². The van der Waals surface area contributed by atoms with E-state index in [1.807, 2.05) is 32.0 Å². The highest BCUT2D eigenvalue weighted by Gasteiger charge is 2.27. The van der Waals surface area contributed by atoms with Gasteiger partial charge in [-0.05, 0) is 36.8 Å². The second kappa shape index (κ2) is 8.75. The number of aryl methyl sites for hydroxylation is 2. The van der Waals surface area contributed by atoms with Crippen molar-refractivity contribution in [1.82, 2.24) is 15.0 Å². The van der Waals surface area contributed by atoms with E-state index >= 15 is 0 Å². The number of rotatable bonds is 5. The van der Waals surface area contributed by atoms with Crippen LogP contribution in [0.5, 0.6) is 0 Å². The second-order valence-corrected chi connectivity index (χ2v) is 7.37. The summed E-state index contributed by atoms with van der Waals surface area (Å²) >= 11 is 0. The predicted molar refractivity (Wildman–Crippen MR) is 109 cm³/mol. The van der Waals surface area contributed by atoms with Gasteiger partial charge >= 0.3 is 0 Å². The van der Waals surface area contributed by atoms with Gasteiger partial charge in [0.25, 0.3) is 0 Å². The third kappa shape index (κ3) is 4.26. The molecule has 4 rings (SSSR count). The third-order valence-electron chi connectivity index (χ3n) is 5.30. The van der Waals surface area contributed by atoms with Crippen LogP contribution >= 0.6 is 0 Å². The molecule has 1 aromatic carbocycles. The van der Waals surface area contributed by atoms with E-state index in [0.29, 0.717) is 19.7 Å². The molecule has 0 aliphatic carbocycles. The summed E-state index contributed by atoms with van der Waals surface area (Å²) < 4.78 is 24.4. The molecule has 1 saturated heterocycles. The van der Waals surface area contributed by atoms with Gasteiger partial charge in [0.2, 0.25) is 5.91 Å². The number of aromatic nitrogens is 2. The van der Waals surface area contributed by atoms with Crippen molar-refractivity contribution < 1.29 is 18.4 Å². The average molecular weight is 409 g/mol. The van der Waals surface area contributed by atoms with Gasteiger partial charge in [0, 0.05) is 13.0 Å². The van der Waals surface area contributed by atoms with Crippen LogP contribution in [0, 0.1) is 12.7 Å². The number of ether oxygens (including phenoxy) is 1.